The molecule has 20 heavy (non-hydrogen) atoms. The summed E-state index contributed by atoms with van der Waals surface area (Å²) in [6.07, 6.45) is 0. The molecular weight excluding hydrogens is 304 g/mol. The van der Waals surface area contributed by atoms with Crippen LogP contribution in [0.1, 0.15) is 30.4 Å². The van der Waals surface area contributed by atoms with Crippen LogP contribution >= 0.6 is 11.3 Å². The van der Waals surface area contributed by atoms with Gasteiger partial charge in [0.25, 0.3) is 10.0 Å². The van der Waals surface area contributed by atoms with Crippen LogP contribution in [0.5, 0.6) is 0 Å². The van der Waals surface area contributed by atoms with E-state index < -0.39 is 27.9 Å². The van der Waals surface area contributed by atoms with Crippen molar-refractivity contribution in [3.63, 3.8) is 0 Å². The molecule has 1 aromatic heterocycles. The van der Waals surface area contributed by atoms with Crippen LogP contribution in [-0.2, 0) is 14.8 Å². The molecule has 1 atom stereocenters. The molecule has 0 radical (unpaired) electrons. The third kappa shape index (κ3) is 4.29. The summed E-state index contributed by atoms with van der Waals surface area (Å²) in [5, 5.41) is 11.3. The van der Waals surface area contributed by atoms with E-state index in [4.69, 9.17) is 5.11 Å². The predicted molar refractivity (Wildman–Crippen MR) is 74.3 cm³/mol. The summed E-state index contributed by atoms with van der Waals surface area (Å²) in [5.74, 6) is -1.64. The minimum absolute atomic E-state index is 0.0790. The van der Waals surface area contributed by atoms with E-state index in [1.54, 1.807) is 13.8 Å². The largest absolute Gasteiger partial charge is 0.477 e. The Morgan fingerprint density at radius 3 is 2.30 bits per heavy atom. The molecule has 0 fully saturated rings. The van der Waals surface area contributed by atoms with Crippen LogP contribution in [0.4, 0.5) is 0 Å². The zero-order valence-electron chi connectivity index (χ0n) is 11.2. The van der Waals surface area contributed by atoms with E-state index in [2.05, 4.69) is 10.0 Å². The molecule has 112 valence electrons. The average Bonchev–Trinajstić information content (AvgIpc) is 2.77. The molecule has 0 saturated heterocycles. The van der Waals surface area contributed by atoms with Crippen molar-refractivity contribution in [1.29, 1.82) is 0 Å². The molecule has 1 aromatic rings. The van der Waals surface area contributed by atoms with Crippen molar-refractivity contribution in [2.75, 3.05) is 0 Å². The van der Waals surface area contributed by atoms with Gasteiger partial charge in [-0.05, 0) is 32.9 Å². The van der Waals surface area contributed by atoms with E-state index in [1.807, 2.05) is 0 Å². The summed E-state index contributed by atoms with van der Waals surface area (Å²) in [4.78, 5) is 22.3. The van der Waals surface area contributed by atoms with Crippen molar-refractivity contribution in [2.24, 2.45) is 0 Å². The molecule has 0 saturated carbocycles. The fourth-order valence-corrected chi connectivity index (χ4v) is 3.70. The minimum atomic E-state index is -3.91. The highest BCUT2D eigenvalue weighted by Crippen LogP contribution is 2.21. The minimum Gasteiger partial charge on any atom is -0.477 e. The highest BCUT2D eigenvalue weighted by molar-refractivity contribution is 7.91. The van der Waals surface area contributed by atoms with Crippen LogP contribution in [0.2, 0.25) is 0 Å². The van der Waals surface area contributed by atoms with Crippen LogP contribution in [0.25, 0.3) is 0 Å². The second kappa shape index (κ2) is 6.33. The van der Waals surface area contributed by atoms with Gasteiger partial charge in [-0.15, -0.1) is 11.3 Å². The molecule has 1 unspecified atom stereocenters. The summed E-state index contributed by atoms with van der Waals surface area (Å²) in [7, 11) is -3.91. The fraction of sp³-hybridized carbons (Fsp3) is 0.455. The lowest BCUT2D eigenvalue weighted by Gasteiger charge is -2.15. The van der Waals surface area contributed by atoms with Crippen LogP contribution in [0.3, 0.4) is 0 Å². The van der Waals surface area contributed by atoms with Crippen LogP contribution < -0.4 is 10.0 Å². The molecule has 0 bridgehead atoms. The van der Waals surface area contributed by atoms with Crippen LogP contribution in [-0.4, -0.2) is 37.5 Å². The molecule has 0 spiro atoms. The Bertz CT molecular complexity index is 606. The summed E-state index contributed by atoms with van der Waals surface area (Å²) in [6.45, 7) is 4.94. The van der Waals surface area contributed by atoms with Gasteiger partial charge in [-0.1, -0.05) is 0 Å². The molecular formula is C11H16N2O5S2. The van der Waals surface area contributed by atoms with Gasteiger partial charge < -0.3 is 10.4 Å². The third-order valence-electron chi connectivity index (χ3n) is 2.21. The van der Waals surface area contributed by atoms with E-state index in [0.29, 0.717) is 11.3 Å². The Labute approximate surface area is 121 Å². The second-order valence-electron chi connectivity index (χ2n) is 4.43. The van der Waals surface area contributed by atoms with Gasteiger partial charge in [-0.3, -0.25) is 4.79 Å². The van der Waals surface area contributed by atoms with Gasteiger partial charge in [-0.25, -0.2) is 13.2 Å². The molecule has 0 aliphatic carbocycles. The maximum Gasteiger partial charge on any atom is 0.345 e. The SMILES string of the molecule is CC(C)NC(=O)C(C)NS(=O)(=O)c1ccc(C(=O)O)s1. The molecule has 7 nitrogen and oxygen atoms in total. The Hall–Kier alpha value is -1.45. The Morgan fingerprint density at radius 1 is 1.25 bits per heavy atom. The summed E-state index contributed by atoms with van der Waals surface area (Å²) < 4.78 is 26.1. The van der Waals surface area contributed by atoms with Crippen molar-refractivity contribution in [2.45, 2.75) is 37.1 Å². The Balaban J connectivity index is 2.83. The van der Waals surface area contributed by atoms with Gasteiger partial charge in [0.1, 0.15) is 9.09 Å². The number of aromatic carboxylic acids is 1. The molecule has 0 aliphatic heterocycles. The van der Waals surface area contributed by atoms with Gasteiger partial charge in [0, 0.05) is 6.04 Å². The zero-order valence-corrected chi connectivity index (χ0v) is 12.8. The number of carbonyl (C=O) groups excluding carboxylic acids is 1. The lowest BCUT2D eigenvalue weighted by Crippen LogP contribution is -2.46. The Kier molecular flexibility index (Phi) is 5.26. The first-order chi connectivity index (χ1) is 9.13. The number of hydrogen-bond donors (Lipinski definition) is 3. The van der Waals surface area contributed by atoms with E-state index in [-0.39, 0.29) is 15.1 Å². The van der Waals surface area contributed by atoms with Crippen LogP contribution in [0, 0.1) is 0 Å². The van der Waals surface area contributed by atoms with E-state index in [0.717, 1.165) is 0 Å². The van der Waals surface area contributed by atoms with Crippen molar-refractivity contribution in [3.8, 4) is 0 Å². The quantitative estimate of drug-likeness (QED) is 0.712. The Morgan fingerprint density at radius 2 is 1.85 bits per heavy atom. The van der Waals surface area contributed by atoms with E-state index in [1.165, 1.54) is 19.1 Å². The van der Waals surface area contributed by atoms with Crippen molar-refractivity contribution in [3.05, 3.63) is 17.0 Å². The number of thiophene rings is 1. The molecule has 9 heteroatoms. The molecule has 1 amide bonds. The monoisotopic (exact) mass is 320 g/mol. The van der Waals surface area contributed by atoms with Crippen molar-refractivity contribution in [1.82, 2.24) is 10.0 Å². The molecule has 3 N–H and O–H groups in total. The number of carboxylic acids is 1. The number of carboxylic acid groups (broad SMARTS) is 1. The number of nitrogens with one attached hydrogen (secondary N) is 2. The van der Waals surface area contributed by atoms with Crippen molar-refractivity contribution < 1.29 is 23.1 Å². The summed E-state index contributed by atoms with van der Waals surface area (Å²) in [5.41, 5.74) is 0. The summed E-state index contributed by atoms with van der Waals surface area (Å²) in [6, 6.07) is 1.36. The van der Waals surface area contributed by atoms with Gasteiger partial charge in [-0.2, -0.15) is 4.72 Å². The number of carbonyl (C=O) groups is 2. The van der Waals surface area contributed by atoms with Gasteiger partial charge in [0.15, 0.2) is 0 Å². The van der Waals surface area contributed by atoms with Gasteiger partial charge in [0.05, 0.1) is 6.04 Å². The number of sulfonamides is 1. The third-order valence-corrected chi connectivity index (χ3v) is 5.32. The normalized spacial score (nSPS) is 13.2. The second-order valence-corrected chi connectivity index (χ2v) is 7.45. The number of rotatable bonds is 6. The fourth-order valence-electron chi connectivity index (χ4n) is 1.33. The van der Waals surface area contributed by atoms with E-state index >= 15 is 0 Å². The highest BCUT2D eigenvalue weighted by Gasteiger charge is 2.24. The molecule has 0 aromatic carbocycles. The predicted octanol–water partition coefficient (Wildman–Crippen LogP) is 0.638. The standard InChI is InChI=1S/C11H16N2O5S2/c1-6(2)12-10(14)7(3)13-20(17,18)9-5-4-8(19-9)11(15)16/h4-7,13H,1-3H3,(H,12,14)(H,15,16). The topological polar surface area (TPSA) is 113 Å². The lowest BCUT2D eigenvalue weighted by atomic mass is 10.3. The zero-order chi connectivity index (χ0) is 15.5. The molecule has 0 aliphatic rings. The summed E-state index contributed by atoms with van der Waals surface area (Å²) >= 11 is 0.634. The van der Waals surface area contributed by atoms with Crippen LogP contribution in [0.15, 0.2) is 16.3 Å². The maximum atomic E-state index is 12.0. The average molecular weight is 320 g/mol. The first kappa shape index (κ1) is 16.6. The maximum absolute atomic E-state index is 12.0. The van der Waals surface area contributed by atoms with E-state index in [9.17, 15) is 18.0 Å². The molecule has 1 rings (SSSR count). The highest BCUT2D eigenvalue weighted by atomic mass is 32.2. The van der Waals surface area contributed by atoms with Gasteiger partial charge >= 0.3 is 5.97 Å². The first-order valence-corrected chi connectivity index (χ1v) is 8.09. The van der Waals surface area contributed by atoms with Crippen molar-refractivity contribution >= 4 is 33.2 Å². The number of hydrogen-bond acceptors (Lipinski definition) is 5. The number of amides is 1. The first-order valence-electron chi connectivity index (χ1n) is 5.79. The smallest absolute Gasteiger partial charge is 0.345 e. The molecule has 1 heterocycles. The lowest BCUT2D eigenvalue weighted by molar-refractivity contribution is -0.122. The van der Waals surface area contributed by atoms with Gasteiger partial charge in [0.2, 0.25) is 5.91 Å².